The molecule has 0 spiro atoms. The second-order valence-electron chi connectivity index (χ2n) is 8.82. The highest BCUT2D eigenvalue weighted by molar-refractivity contribution is 6.23. The van der Waals surface area contributed by atoms with Gasteiger partial charge < -0.3 is 14.0 Å². The second kappa shape index (κ2) is 9.29. The summed E-state index contributed by atoms with van der Waals surface area (Å²) < 4.78 is 12.8. The number of nitrogens with zero attached hydrogens (tertiary/aromatic N) is 2. The van der Waals surface area contributed by atoms with Gasteiger partial charge in [-0.1, -0.05) is 23.8 Å². The number of ether oxygens (including phenoxy) is 2. The van der Waals surface area contributed by atoms with Gasteiger partial charge >= 0.3 is 5.97 Å². The molecule has 6 heteroatoms. The number of allylic oxidation sites excluding steroid dienone is 1. The minimum Gasteiger partial charge on any atom is -0.495 e. The average Bonchev–Trinajstić information content (AvgIpc) is 3.25. The van der Waals surface area contributed by atoms with Gasteiger partial charge in [0.1, 0.15) is 5.75 Å². The lowest BCUT2D eigenvalue weighted by molar-refractivity contribution is -0.136. The van der Waals surface area contributed by atoms with E-state index >= 15 is 0 Å². The molecule has 6 nitrogen and oxygen atoms in total. The van der Waals surface area contributed by atoms with Gasteiger partial charge in [-0.25, -0.2) is 4.79 Å². The van der Waals surface area contributed by atoms with Gasteiger partial charge in [0.2, 0.25) is 0 Å². The van der Waals surface area contributed by atoms with E-state index in [-0.39, 0.29) is 11.5 Å². The maximum absolute atomic E-state index is 13.6. The smallest absolute Gasteiger partial charge is 0.340 e. The van der Waals surface area contributed by atoms with Crippen LogP contribution >= 0.6 is 0 Å². The molecule has 3 aromatic rings. The molecule has 4 rings (SSSR count). The number of aryl methyl sites for hydroxylation is 3. The van der Waals surface area contributed by atoms with Crippen molar-refractivity contribution in [3.05, 3.63) is 93.5 Å². The standard InChI is InChI=1S/C29H30N2O4/c1-17-8-11-23(12-9-17)31-21(5)27(29(33)35-7)24(28(31)32)16-22-15-19(3)30(20(22)4)25-14-18(2)10-13-26(25)34-6/h8-16H,1-7H3/b24-16-. The Morgan fingerprint density at radius 3 is 2.17 bits per heavy atom. The highest BCUT2D eigenvalue weighted by Gasteiger charge is 2.38. The third-order valence-corrected chi connectivity index (χ3v) is 6.43. The van der Waals surface area contributed by atoms with Gasteiger partial charge in [-0.2, -0.15) is 0 Å². The average molecular weight is 471 g/mol. The van der Waals surface area contributed by atoms with Gasteiger partial charge in [0.15, 0.2) is 0 Å². The lowest BCUT2D eigenvalue weighted by atomic mass is 10.0. The van der Waals surface area contributed by atoms with E-state index in [1.807, 2.05) is 70.2 Å². The van der Waals surface area contributed by atoms with Crippen molar-refractivity contribution in [3.63, 3.8) is 0 Å². The summed E-state index contributed by atoms with van der Waals surface area (Å²) in [6.45, 7) is 9.79. The van der Waals surface area contributed by atoms with Gasteiger partial charge in [-0.3, -0.25) is 9.69 Å². The van der Waals surface area contributed by atoms with Crippen molar-refractivity contribution in [2.24, 2.45) is 0 Å². The Bertz CT molecular complexity index is 1390. The molecule has 180 valence electrons. The zero-order valence-corrected chi connectivity index (χ0v) is 21.2. The monoisotopic (exact) mass is 470 g/mol. The van der Waals surface area contributed by atoms with Crippen LogP contribution in [0, 0.1) is 27.7 Å². The number of hydrogen-bond donors (Lipinski definition) is 0. The summed E-state index contributed by atoms with van der Waals surface area (Å²) in [6.07, 6.45) is 1.79. The molecular weight excluding hydrogens is 440 g/mol. The molecule has 0 N–H and O–H groups in total. The number of aromatic nitrogens is 1. The molecule has 0 atom stereocenters. The maximum Gasteiger partial charge on any atom is 0.340 e. The fourth-order valence-corrected chi connectivity index (χ4v) is 4.62. The summed E-state index contributed by atoms with van der Waals surface area (Å²) in [5.41, 5.74) is 7.72. The van der Waals surface area contributed by atoms with Crippen LogP contribution in [0.1, 0.15) is 35.0 Å². The first-order chi connectivity index (χ1) is 16.7. The fraction of sp³-hybridized carbons (Fsp3) is 0.241. The van der Waals surface area contributed by atoms with Crippen molar-refractivity contribution < 1.29 is 19.1 Å². The van der Waals surface area contributed by atoms with Crippen molar-refractivity contribution in [2.75, 3.05) is 19.1 Å². The molecule has 2 aromatic carbocycles. The number of carbonyl (C=O) groups excluding carboxylic acids is 2. The highest BCUT2D eigenvalue weighted by atomic mass is 16.5. The van der Waals surface area contributed by atoms with Gasteiger partial charge in [-0.15, -0.1) is 0 Å². The van der Waals surface area contributed by atoms with Crippen LogP contribution in [0.15, 0.2) is 65.4 Å². The van der Waals surface area contributed by atoms with E-state index in [0.29, 0.717) is 17.0 Å². The van der Waals surface area contributed by atoms with Crippen molar-refractivity contribution in [2.45, 2.75) is 34.6 Å². The van der Waals surface area contributed by atoms with Crippen molar-refractivity contribution in [1.29, 1.82) is 0 Å². The van der Waals surface area contributed by atoms with E-state index in [9.17, 15) is 9.59 Å². The Balaban J connectivity index is 1.87. The molecule has 1 aromatic heterocycles. The number of amides is 1. The predicted octanol–water partition coefficient (Wildman–Crippen LogP) is 5.60. The number of carbonyl (C=O) groups is 2. The Morgan fingerprint density at radius 2 is 1.54 bits per heavy atom. The van der Waals surface area contributed by atoms with E-state index in [2.05, 4.69) is 10.6 Å². The number of esters is 1. The van der Waals surface area contributed by atoms with Crippen molar-refractivity contribution in [1.82, 2.24) is 4.57 Å². The molecule has 0 unspecified atom stereocenters. The van der Waals surface area contributed by atoms with Crippen LogP contribution in [0.4, 0.5) is 5.69 Å². The molecule has 0 bridgehead atoms. The van der Waals surface area contributed by atoms with E-state index in [4.69, 9.17) is 9.47 Å². The molecule has 0 aliphatic carbocycles. The van der Waals surface area contributed by atoms with Crippen molar-refractivity contribution in [3.8, 4) is 11.4 Å². The van der Waals surface area contributed by atoms with Crippen LogP contribution in [0.3, 0.4) is 0 Å². The molecule has 2 heterocycles. The number of methoxy groups -OCH3 is 2. The zero-order valence-electron chi connectivity index (χ0n) is 21.2. The van der Waals surface area contributed by atoms with E-state index in [1.165, 1.54) is 7.11 Å². The lowest BCUT2D eigenvalue weighted by Crippen LogP contribution is -2.24. The predicted molar refractivity (Wildman–Crippen MR) is 138 cm³/mol. The van der Waals surface area contributed by atoms with E-state index in [0.717, 1.165) is 39.5 Å². The van der Waals surface area contributed by atoms with Gasteiger partial charge in [0, 0.05) is 22.8 Å². The van der Waals surface area contributed by atoms with Crippen LogP contribution in [0.25, 0.3) is 11.8 Å². The van der Waals surface area contributed by atoms with Gasteiger partial charge in [0.25, 0.3) is 5.91 Å². The van der Waals surface area contributed by atoms with Crippen LogP contribution in [-0.4, -0.2) is 30.7 Å². The molecule has 1 amide bonds. The maximum atomic E-state index is 13.6. The minimum atomic E-state index is -0.536. The molecule has 1 aliphatic heterocycles. The molecule has 0 saturated carbocycles. The molecular formula is C29H30N2O4. The molecule has 0 fully saturated rings. The molecule has 0 radical (unpaired) electrons. The third kappa shape index (κ3) is 4.16. The minimum absolute atomic E-state index is 0.260. The first-order valence-electron chi connectivity index (χ1n) is 11.4. The van der Waals surface area contributed by atoms with E-state index < -0.39 is 5.97 Å². The summed E-state index contributed by atoms with van der Waals surface area (Å²) in [4.78, 5) is 28.0. The second-order valence-corrected chi connectivity index (χ2v) is 8.82. The first kappa shape index (κ1) is 24.1. The number of rotatable bonds is 5. The van der Waals surface area contributed by atoms with Crippen LogP contribution in [0.2, 0.25) is 0 Å². The topological polar surface area (TPSA) is 60.8 Å². The van der Waals surface area contributed by atoms with Crippen LogP contribution in [-0.2, 0) is 14.3 Å². The summed E-state index contributed by atoms with van der Waals surface area (Å²) >= 11 is 0. The highest BCUT2D eigenvalue weighted by Crippen LogP contribution is 2.37. The van der Waals surface area contributed by atoms with Crippen molar-refractivity contribution >= 4 is 23.6 Å². The summed E-state index contributed by atoms with van der Waals surface area (Å²) in [5.74, 6) is -0.0411. The SMILES string of the molecule is COC(=O)C1=C(C)N(c2ccc(C)cc2)C(=O)/C1=C\c1cc(C)n(-c2cc(C)ccc2OC)c1C. The first-order valence-corrected chi connectivity index (χ1v) is 11.4. The summed E-state index contributed by atoms with van der Waals surface area (Å²) in [6, 6.07) is 15.7. The number of hydrogen-bond acceptors (Lipinski definition) is 4. The quantitative estimate of drug-likeness (QED) is 0.360. The van der Waals surface area contributed by atoms with Gasteiger partial charge in [-0.05, 0) is 82.2 Å². The molecule has 0 saturated heterocycles. The third-order valence-electron chi connectivity index (χ3n) is 6.43. The Labute approximate surface area is 206 Å². The fourth-order valence-electron chi connectivity index (χ4n) is 4.62. The van der Waals surface area contributed by atoms with Crippen LogP contribution in [0.5, 0.6) is 5.75 Å². The summed E-state index contributed by atoms with van der Waals surface area (Å²) in [5, 5.41) is 0. The molecule has 1 aliphatic rings. The van der Waals surface area contributed by atoms with E-state index in [1.54, 1.807) is 25.0 Å². The zero-order chi connectivity index (χ0) is 25.4. The Hall–Kier alpha value is -4.06. The van der Waals surface area contributed by atoms with Crippen LogP contribution < -0.4 is 9.64 Å². The van der Waals surface area contributed by atoms with Gasteiger partial charge in [0.05, 0.1) is 31.1 Å². The summed E-state index contributed by atoms with van der Waals surface area (Å²) in [7, 11) is 2.98. The molecule has 35 heavy (non-hydrogen) atoms. The largest absolute Gasteiger partial charge is 0.495 e. The lowest BCUT2D eigenvalue weighted by Gasteiger charge is -2.18. The normalized spacial score (nSPS) is 14.8. The number of anilines is 1. The Morgan fingerprint density at radius 1 is 0.886 bits per heavy atom. The Kier molecular flexibility index (Phi) is 6.39. The number of benzene rings is 2.